The number of ether oxygens (including phenoxy) is 1. The molecule has 0 unspecified atom stereocenters. The molecule has 0 saturated carbocycles. The minimum Gasteiger partial charge on any atom is -0.444 e. The van der Waals surface area contributed by atoms with Crippen molar-refractivity contribution in [2.24, 2.45) is 0 Å². The molecule has 0 bridgehead atoms. The molecule has 0 atom stereocenters. The topological polar surface area (TPSA) is 45.7 Å². The predicted molar refractivity (Wildman–Crippen MR) is 135 cm³/mol. The first-order chi connectivity index (χ1) is 16.3. The van der Waals surface area contributed by atoms with Gasteiger partial charge in [0.05, 0.1) is 0 Å². The Morgan fingerprint density at radius 3 is 2.18 bits per heavy atom. The van der Waals surface area contributed by atoms with Gasteiger partial charge < -0.3 is 14.5 Å². The van der Waals surface area contributed by atoms with Crippen molar-refractivity contribution in [3.8, 4) is 11.1 Å². The van der Waals surface area contributed by atoms with E-state index in [2.05, 4.69) is 34.1 Å². The summed E-state index contributed by atoms with van der Waals surface area (Å²) >= 11 is 0. The van der Waals surface area contributed by atoms with E-state index in [1.807, 2.05) is 51.1 Å². The summed E-state index contributed by atoms with van der Waals surface area (Å²) in [6, 6.07) is 17.0. The molecule has 6 heteroatoms. The second-order valence-corrected chi connectivity index (χ2v) is 9.39. The zero-order valence-corrected chi connectivity index (χ0v) is 19.9. The third-order valence-electron chi connectivity index (χ3n) is 5.59. The first kappa shape index (κ1) is 23.5. The molecule has 5 nitrogen and oxygen atoms in total. The first-order valence-corrected chi connectivity index (χ1v) is 11.5. The van der Waals surface area contributed by atoms with E-state index in [0.717, 1.165) is 41.0 Å². The van der Waals surface area contributed by atoms with Crippen LogP contribution in [0.3, 0.4) is 0 Å². The zero-order chi connectivity index (χ0) is 24.1. The number of hydrogen-bond acceptors (Lipinski definition) is 4. The van der Waals surface area contributed by atoms with Crippen LogP contribution in [-0.2, 0) is 4.74 Å². The molecule has 1 saturated heterocycles. The molecule has 34 heavy (non-hydrogen) atoms. The summed E-state index contributed by atoms with van der Waals surface area (Å²) in [6.45, 7) is 8.43. The highest BCUT2D eigenvalue weighted by molar-refractivity contribution is 5.74. The number of piperazine rings is 1. The Balaban J connectivity index is 1.38. The number of nitrogens with zero attached hydrogens (tertiary/aromatic N) is 3. The highest BCUT2D eigenvalue weighted by atomic mass is 19.1. The lowest BCUT2D eigenvalue weighted by Crippen LogP contribution is -2.50. The highest BCUT2D eigenvalue weighted by Crippen LogP contribution is 2.23. The fraction of sp³-hybridized carbons (Fsp3) is 0.286. The smallest absolute Gasteiger partial charge is 0.410 e. The number of hydrogen-bond donors (Lipinski definition) is 0. The van der Waals surface area contributed by atoms with Gasteiger partial charge >= 0.3 is 6.09 Å². The third-order valence-corrected chi connectivity index (χ3v) is 5.59. The average Bonchev–Trinajstić information content (AvgIpc) is 2.82. The molecule has 1 amide bonds. The number of anilines is 1. The fourth-order valence-corrected chi connectivity index (χ4v) is 3.88. The van der Waals surface area contributed by atoms with Crippen molar-refractivity contribution in [2.75, 3.05) is 31.1 Å². The maximum Gasteiger partial charge on any atom is 0.410 e. The van der Waals surface area contributed by atoms with Gasteiger partial charge in [-0.05, 0) is 85.5 Å². The van der Waals surface area contributed by atoms with Gasteiger partial charge in [-0.2, -0.15) is 0 Å². The molecule has 0 spiro atoms. The number of pyridine rings is 1. The molecule has 1 fully saturated rings. The van der Waals surface area contributed by atoms with Gasteiger partial charge in [0.2, 0.25) is 0 Å². The van der Waals surface area contributed by atoms with Gasteiger partial charge in [-0.15, -0.1) is 0 Å². The Bertz CT molecular complexity index is 1150. The summed E-state index contributed by atoms with van der Waals surface area (Å²) in [4.78, 5) is 20.3. The summed E-state index contributed by atoms with van der Waals surface area (Å²) < 4.78 is 19.6. The van der Waals surface area contributed by atoms with E-state index in [9.17, 15) is 9.18 Å². The molecule has 0 N–H and O–H groups in total. The lowest BCUT2D eigenvalue weighted by Gasteiger charge is -2.36. The second kappa shape index (κ2) is 10.1. The summed E-state index contributed by atoms with van der Waals surface area (Å²) in [7, 11) is 0. The minimum absolute atomic E-state index is 0.253. The van der Waals surface area contributed by atoms with Gasteiger partial charge in [0.1, 0.15) is 11.4 Å². The van der Waals surface area contributed by atoms with Crippen molar-refractivity contribution < 1.29 is 13.9 Å². The van der Waals surface area contributed by atoms with Crippen molar-refractivity contribution in [1.82, 2.24) is 9.88 Å². The Morgan fingerprint density at radius 2 is 1.53 bits per heavy atom. The van der Waals surface area contributed by atoms with Crippen LogP contribution in [0.2, 0.25) is 0 Å². The maximum atomic E-state index is 14.2. The van der Waals surface area contributed by atoms with Crippen molar-refractivity contribution >= 4 is 23.9 Å². The Labute approximate surface area is 200 Å². The van der Waals surface area contributed by atoms with Crippen molar-refractivity contribution in [1.29, 1.82) is 0 Å². The second-order valence-electron chi connectivity index (χ2n) is 9.39. The first-order valence-electron chi connectivity index (χ1n) is 11.5. The van der Waals surface area contributed by atoms with Gasteiger partial charge in [-0.25, -0.2) is 9.18 Å². The van der Waals surface area contributed by atoms with E-state index in [4.69, 9.17) is 4.74 Å². The van der Waals surface area contributed by atoms with Crippen LogP contribution >= 0.6 is 0 Å². The van der Waals surface area contributed by atoms with Gasteiger partial charge in [0.25, 0.3) is 0 Å². The van der Waals surface area contributed by atoms with Crippen LogP contribution in [0.5, 0.6) is 0 Å². The van der Waals surface area contributed by atoms with Crippen molar-refractivity contribution in [3.63, 3.8) is 0 Å². The van der Waals surface area contributed by atoms with E-state index >= 15 is 0 Å². The van der Waals surface area contributed by atoms with Crippen LogP contribution in [0, 0.1) is 5.82 Å². The monoisotopic (exact) mass is 459 g/mol. The molecule has 0 radical (unpaired) electrons. The third kappa shape index (κ3) is 6.22. The number of carbonyl (C=O) groups is 1. The highest BCUT2D eigenvalue weighted by Gasteiger charge is 2.25. The maximum absolute atomic E-state index is 14.2. The predicted octanol–water partition coefficient (Wildman–Crippen LogP) is 6.12. The molecule has 1 aliphatic heterocycles. The van der Waals surface area contributed by atoms with Crippen molar-refractivity contribution in [2.45, 2.75) is 26.4 Å². The molecule has 2 heterocycles. The molecule has 1 aliphatic rings. The molecule has 0 aliphatic carbocycles. The summed E-state index contributed by atoms with van der Waals surface area (Å²) in [5, 5.41) is 0. The van der Waals surface area contributed by atoms with Gasteiger partial charge in [-0.1, -0.05) is 24.3 Å². The summed E-state index contributed by atoms with van der Waals surface area (Å²) in [6.07, 6.45) is 7.05. The van der Waals surface area contributed by atoms with Crippen LogP contribution in [0.1, 0.15) is 31.9 Å². The number of benzene rings is 2. The van der Waals surface area contributed by atoms with Gasteiger partial charge in [0, 0.05) is 44.3 Å². The number of carbonyl (C=O) groups excluding carboxylic acids is 1. The van der Waals surface area contributed by atoms with Crippen LogP contribution in [0.25, 0.3) is 23.3 Å². The molecule has 176 valence electrons. The molecule has 1 aromatic heterocycles. The van der Waals surface area contributed by atoms with Gasteiger partial charge in [0.15, 0.2) is 0 Å². The number of amides is 1. The molecular formula is C28H30FN3O2. The van der Waals surface area contributed by atoms with E-state index < -0.39 is 5.60 Å². The number of halogens is 1. The average molecular weight is 460 g/mol. The molecule has 3 aromatic rings. The molecule has 2 aromatic carbocycles. The van der Waals surface area contributed by atoms with E-state index in [1.165, 1.54) is 12.1 Å². The fourth-order valence-electron chi connectivity index (χ4n) is 3.88. The lowest BCUT2D eigenvalue weighted by molar-refractivity contribution is 0.0240. The van der Waals surface area contributed by atoms with E-state index in [-0.39, 0.29) is 11.9 Å². The molecular weight excluding hydrogens is 429 g/mol. The lowest BCUT2D eigenvalue weighted by atomic mass is 10.0. The van der Waals surface area contributed by atoms with Crippen molar-refractivity contribution in [3.05, 3.63) is 83.9 Å². The number of rotatable bonds is 4. The Kier molecular flexibility index (Phi) is 6.96. The standard InChI is InChI=1S/C28H30FN3O2/c1-28(2,3)34-27(33)32-16-14-31(15-17-32)26-8-6-21(7-9-26)4-5-22-18-24(20-25(29)19-22)23-10-12-30-13-11-23/h4-13,18-20H,14-17H2,1-3H3/b5-4+. The largest absolute Gasteiger partial charge is 0.444 e. The zero-order valence-electron chi connectivity index (χ0n) is 19.9. The van der Waals surface area contributed by atoms with Crippen LogP contribution in [-0.4, -0.2) is 47.8 Å². The van der Waals surface area contributed by atoms with E-state index in [1.54, 1.807) is 17.3 Å². The van der Waals surface area contributed by atoms with E-state index in [0.29, 0.717) is 13.1 Å². The summed E-state index contributed by atoms with van der Waals surface area (Å²) in [5.74, 6) is -0.269. The van der Waals surface area contributed by atoms with Crippen LogP contribution in [0.4, 0.5) is 14.9 Å². The van der Waals surface area contributed by atoms with Crippen LogP contribution in [0.15, 0.2) is 67.0 Å². The van der Waals surface area contributed by atoms with Crippen LogP contribution < -0.4 is 4.90 Å². The molecule has 4 rings (SSSR count). The SMILES string of the molecule is CC(C)(C)OC(=O)N1CCN(c2ccc(/C=C/c3cc(F)cc(-c4ccncc4)c3)cc2)CC1. The number of aromatic nitrogens is 1. The quantitative estimate of drug-likeness (QED) is 0.441. The Morgan fingerprint density at radius 1 is 0.882 bits per heavy atom. The minimum atomic E-state index is -0.482. The summed E-state index contributed by atoms with van der Waals surface area (Å²) in [5.41, 5.74) is 4.22. The van der Waals surface area contributed by atoms with Gasteiger partial charge in [-0.3, -0.25) is 4.98 Å². The Hall–Kier alpha value is -3.67. The normalized spacial score (nSPS) is 14.5.